The number of hydrogen-bond acceptors (Lipinski definition) is 5. The predicted octanol–water partition coefficient (Wildman–Crippen LogP) is 3.08. The molecule has 0 unspecified atom stereocenters. The summed E-state index contributed by atoms with van der Waals surface area (Å²) < 4.78 is 0. The van der Waals surface area contributed by atoms with Crippen molar-refractivity contribution in [1.82, 2.24) is 24.8 Å². The molecule has 1 aromatic carbocycles. The molecule has 0 saturated carbocycles. The quantitative estimate of drug-likeness (QED) is 0.758. The third kappa shape index (κ3) is 2.81. The van der Waals surface area contributed by atoms with Gasteiger partial charge in [-0.05, 0) is 25.2 Å². The smallest absolute Gasteiger partial charge is 0.183 e. The number of anilines is 1. The number of piperazine rings is 1. The summed E-state index contributed by atoms with van der Waals surface area (Å²) in [5, 5.41) is 1.17. The van der Waals surface area contributed by atoms with E-state index in [4.69, 9.17) is 28.2 Å². The average molecular weight is 363 g/mol. The Morgan fingerprint density at radius 3 is 2.67 bits per heavy atom. The lowest BCUT2D eigenvalue weighted by molar-refractivity contribution is 0.312. The predicted molar refractivity (Wildman–Crippen MR) is 96.8 cm³/mol. The molecule has 1 aliphatic heterocycles. The second kappa shape index (κ2) is 6.20. The van der Waals surface area contributed by atoms with Crippen LogP contribution in [0, 0.1) is 0 Å². The van der Waals surface area contributed by atoms with Crippen LogP contribution in [0.25, 0.3) is 22.6 Å². The number of benzene rings is 1. The maximum atomic E-state index is 6.33. The molecule has 0 amide bonds. The molecule has 0 radical (unpaired) electrons. The number of rotatable bonds is 2. The fraction of sp³-hybridized carbons (Fsp3) is 0.312. The van der Waals surface area contributed by atoms with Crippen LogP contribution in [0.15, 0.2) is 24.5 Å². The number of hydrogen-bond donors (Lipinski definition) is 1. The Hall–Kier alpha value is -1.89. The Morgan fingerprint density at radius 2 is 1.88 bits per heavy atom. The van der Waals surface area contributed by atoms with Crippen LogP contribution in [0.2, 0.25) is 10.0 Å². The number of imidazole rings is 1. The molecule has 124 valence electrons. The van der Waals surface area contributed by atoms with Crippen LogP contribution < -0.4 is 4.90 Å². The molecule has 4 rings (SSSR count). The van der Waals surface area contributed by atoms with E-state index >= 15 is 0 Å². The first-order valence-electron chi connectivity index (χ1n) is 7.72. The molecule has 1 aliphatic rings. The molecule has 3 aromatic rings. The monoisotopic (exact) mass is 362 g/mol. The number of fused-ring (bicyclic) bond motifs is 1. The molecule has 0 atom stereocenters. The Labute approximate surface area is 149 Å². The Kier molecular flexibility index (Phi) is 4.04. The zero-order chi connectivity index (χ0) is 16.7. The first-order chi connectivity index (χ1) is 11.6. The van der Waals surface area contributed by atoms with Gasteiger partial charge in [0, 0.05) is 36.8 Å². The van der Waals surface area contributed by atoms with Gasteiger partial charge in [-0.15, -0.1) is 0 Å². The highest BCUT2D eigenvalue weighted by Gasteiger charge is 2.21. The van der Waals surface area contributed by atoms with Gasteiger partial charge in [-0.25, -0.2) is 15.0 Å². The minimum atomic E-state index is 0.538. The molecule has 24 heavy (non-hydrogen) atoms. The zero-order valence-corrected chi connectivity index (χ0v) is 14.6. The summed E-state index contributed by atoms with van der Waals surface area (Å²) >= 11 is 12.4. The van der Waals surface area contributed by atoms with Crippen LogP contribution in [-0.2, 0) is 0 Å². The largest absolute Gasteiger partial charge is 0.352 e. The molecule has 6 nitrogen and oxygen atoms in total. The molecular weight excluding hydrogens is 347 g/mol. The lowest BCUT2D eigenvalue weighted by Gasteiger charge is -2.33. The lowest BCUT2D eigenvalue weighted by atomic mass is 10.2. The van der Waals surface area contributed by atoms with Crippen molar-refractivity contribution in [3.05, 3.63) is 34.6 Å². The zero-order valence-electron chi connectivity index (χ0n) is 13.1. The van der Waals surface area contributed by atoms with E-state index in [1.165, 1.54) is 0 Å². The number of H-pyrrole nitrogens is 1. The van der Waals surface area contributed by atoms with E-state index in [-0.39, 0.29) is 0 Å². The van der Waals surface area contributed by atoms with Crippen molar-refractivity contribution in [2.75, 3.05) is 38.1 Å². The number of nitrogens with zero attached hydrogens (tertiary/aromatic N) is 5. The summed E-state index contributed by atoms with van der Waals surface area (Å²) in [7, 11) is 2.13. The van der Waals surface area contributed by atoms with Crippen LogP contribution in [-0.4, -0.2) is 58.1 Å². The maximum absolute atomic E-state index is 6.33. The van der Waals surface area contributed by atoms with Crippen LogP contribution in [0.3, 0.4) is 0 Å². The first kappa shape index (κ1) is 15.6. The van der Waals surface area contributed by atoms with Crippen molar-refractivity contribution in [1.29, 1.82) is 0 Å². The van der Waals surface area contributed by atoms with E-state index in [9.17, 15) is 0 Å². The highest BCUT2D eigenvalue weighted by atomic mass is 35.5. The normalized spacial score (nSPS) is 16.0. The number of nitrogens with one attached hydrogen (secondary N) is 1. The summed E-state index contributed by atoms with van der Waals surface area (Å²) in [4.78, 5) is 21.3. The summed E-state index contributed by atoms with van der Waals surface area (Å²) in [6.07, 6.45) is 1.64. The van der Waals surface area contributed by atoms with E-state index in [0.29, 0.717) is 27.1 Å². The van der Waals surface area contributed by atoms with Gasteiger partial charge in [-0.1, -0.05) is 23.2 Å². The van der Waals surface area contributed by atoms with E-state index in [1.54, 1.807) is 24.5 Å². The Balaban J connectivity index is 1.84. The minimum Gasteiger partial charge on any atom is -0.352 e. The number of aromatic amines is 1. The van der Waals surface area contributed by atoms with Gasteiger partial charge in [0.05, 0.1) is 11.3 Å². The Morgan fingerprint density at radius 1 is 1.08 bits per heavy atom. The average Bonchev–Trinajstić information content (AvgIpc) is 3.05. The van der Waals surface area contributed by atoms with E-state index in [0.717, 1.165) is 37.5 Å². The molecule has 0 spiro atoms. The number of halogens is 2. The molecule has 3 heterocycles. The highest BCUT2D eigenvalue weighted by Crippen LogP contribution is 2.31. The second-order valence-corrected chi connectivity index (χ2v) is 6.73. The minimum absolute atomic E-state index is 0.538. The number of aromatic nitrogens is 4. The van der Waals surface area contributed by atoms with E-state index in [1.807, 2.05) is 0 Å². The van der Waals surface area contributed by atoms with E-state index < -0.39 is 0 Å². The molecule has 1 fully saturated rings. The van der Waals surface area contributed by atoms with Crippen molar-refractivity contribution >= 4 is 40.2 Å². The first-order valence-corrected chi connectivity index (χ1v) is 8.47. The molecule has 1 saturated heterocycles. The summed E-state index contributed by atoms with van der Waals surface area (Å²) in [5.74, 6) is 1.40. The van der Waals surface area contributed by atoms with Crippen molar-refractivity contribution in [2.24, 2.45) is 0 Å². The molecular formula is C16H16Cl2N6. The van der Waals surface area contributed by atoms with Crippen LogP contribution in [0.1, 0.15) is 0 Å². The standard InChI is InChI=1S/C16H16Cl2N6/c1-23-4-6-24(7-5-23)16-13-15(20-9-19-13)21-14(22-16)11-8-10(17)2-3-12(11)18/h2-3,8-9H,4-7H2,1H3,(H,19,20,21,22). The van der Waals surface area contributed by atoms with Gasteiger partial charge >= 0.3 is 0 Å². The van der Waals surface area contributed by atoms with Gasteiger partial charge in [-0.3, -0.25) is 0 Å². The van der Waals surface area contributed by atoms with Gasteiger partial charge in [0.15, 0.2) is 17.3 Å². The van der Waals surface area contributed by atoms with Gasteiger partial charge in [0.2, 0.25) is 0 Å². The molecule has 0 aliphatic carbocycles. The van der Waals surface area contributed by atoms with Gasteiger partial charge in [0.25, 0.3) is 0 Å². The lowest BCUT2D eigenvalue weighted by Crippen LogP contribution is -2.45. The molecule has 1 N–H and O–H groups in total. The molecule has 0 bridgehead atoms. The van der Waals surface area contributed by atoms with Gasteiger partial charge < -0.3 is 14.8 Å². The Bertz CT molecular complexity index is 885. The second-order valence-electron chi connectivity index (χ2n) is 5.89. The maximum Gasteiger partial charge on any atom is 0.183 e. The molecule has 2 aromatic heterocycles. The van der Waals surface area contributed by atoms with Gasteiger partial charge in [-0.2, -0.15) is 0 Å². The SMILES string of the molecule is CN1CCN(c2nc(-c3cc(Cl)ccc3Cl)nc3nc[nH]c23)CC1. The number of likely N-dealkylation sites (N-methyl/N-ethyl adjacent to an activating group) is 1. The van der Waals surface area contributed by atoms with Crippen molar-refractivity contribution in [3.63, 3.8) is 0 Å². The fourth-order valence-corrected chi connectivity index (χ4v) is 3.23. The van der Waals surface area contributed by atoms with Crippen LogP contribution in [0.5, 0.6) is 0 Å². The van der Waals surface area contributed by atoms with Crippen LogP contribution >= 0.6 is 23.2 Å². The van der Waals surface area contributed by atoms with Crippen molar-refractivity contribution < 1.29 is 0 Å². The van der Waals surface area contributed by atoms with Crippen LogP contribution in [0.4, 0.5) is 5.82 Å². The van der Waals surface area contributed by atoms with E-state index in [2.05, 4.69) is 31.8 Å². The topological polar surface area (TPSA) is 60.9 Å². The summed E-state index contributed by atoms with van der Waals surface area (Å²) in [6, 6.07) is 5.29. The third-order valence-electron chi connectivity index (χ3n) is 4.24. The van der Waals surface area contributed by atoms with Gasteiger partial charge in [0.1, 0.15) is 5.52 Å². The summed E-state index contributed by atoms with van der Waals surface area (Å²) in [5.41, 5.74) is 2.19. The highest BCUT2D eigenvalue weighted by molar-refractivity contribution is 6.35. The molecule has 8 heteroatoms. The summed E-state index contributed by atoms with van der Waals surface area (Å²) in [6.45, 7) is 3.80. The van der Waals surface area contributed by atoms with Crippen molar-refractivity contribution in [3.8, 4) is 11.4 Å². The van der Waals surface area contributed by atoms with Crippen molar-refractivity contribution in [2.45, 2.75) is 0 Å². The third-order valence-corrected chi connectivity index (χ3v) is 4.80. The fourth-order valence-electron chi connectivity index (χ4n) is 2.85.